The number of hydrogen-bond donors (Lipinski definition) is 1. The third-order valence-electron chi connectivity index (χ3n) is 5.74. The lowest BCUT2D eigenvalue weighted by atomic mass is 9.92. The van der Waals surface area contributed by atoms with Crippen LogP contribution in [0.5, 0.6) is 0 Å². The number of carbonyl (C=O) groups is 1. The van der Waals surface area contributed by atoms with Crippen LogP contribution in [0.1, 0.15) is 72.8 Å². The molecule has 0 radical (unpaired) electrons. The highest BCUT2D eigenvalue weighted by Crippen LogP contribution is 2.33. The highest BCUT2D eigenvalue weighted by molar-refractivity contribution is 5.98. The van der Waals surface area contributed by atoms with Gasteiger partial charge in [0, 0.05) is 12.6 Å². The fraction of sp³-hybridized carbons (Fsp3) is 0.476. The van der Waals surface area contributed by atoms with Gasteiger partial charge in [-0.05, 0) is 50.5 Å². The topological polar surface area (TPSA) is 110 Å². The standard InChI is InChI=1S/C21H26N6O3/c1-4-18(28)19-14(3)30-20(24-19)15-10-9-13(2)26(11-15)21(29)16-7-5-6-8-17(16)27-23-12-22-25-27/h5-8,12-13,15,18,28H,4,9-11H2,1-3H3/t13-,15?,18?/m1/s1. The predicted octanol–water partition coefficient (Wildman–Crippen LogP) is 2.81. The summed E-state index contributed by atoms with van der Waals surface area (Å²) in [4.78, 5) is 21.3. The van der Waals surface area contributed by atoms with E-state index in [-0.39, 0.29) is 17.9 Å². The second kappa shape index (κ2) is 8.35. The van der Waals surface area contributed by atoms with Crippen molar-refractivity contribution in [2.75, 3.05) is 6.54 Å². The molecule has 0 saturated carbocycles. The van der Waals surface area contributed by atoms with Crippen LogP contribution >= 0.6 is 0 Å². The van der Waals surface area contributed by atoms with E-state index in [0.717, 1.165) is 12.8 Å². The number of aliphatic hydroxyl groups is 1. The lowest BCUT2D eigenvalue weighted by Crippen LogP contribution is -2.45. The predicted molar refractivity (Wildman–Crippen MR) is 108 cm³/mol. The summed E-state index contributed by atoms with van der Waals surface area (Å²) < 4.78 is 5.89. The van der Waals surface area contributed by atoms with Gasteiger partial charge in [0.15, 0.2) is 12.2 Å². The minimum Gasteiger partial charge on any atom is -0.445 e. The molecule has 2 unspecified atom stereocenters. The van der Waals surface area contributed by atoms with Crippen LogP contribution in [0.4, 0.5) is 0 Å². The highest BCUT2D eigenvalue weighted by Gasteiger charge is 2.34. The van der Waals surface area contributed by atoms with Gasteiger partial charge in [0.05, 0.1) is 17.6 Å². The fourth-order valence-electron chi connectivity index (χ4n) is 3.96. The van der Waals surface area contributed by atoms with Crippen LogP contribution in [0.15, 0.2) is 35.0 Å². The van der Waals surface area contributed by atoms with Crippen molar-refractivity contribution in [3.63, 3.8) is 0 Å². The van der Waals surface area contributed by atoms with Gasteiger partial charge >= 0.3 is 0 Å². The molecule has 3 aromatic rings. The van der Waals surface area contributed by atoms with Gasteiger partial charge in [0.2, 0.25) is 0 Å². The number of amides is 1. The van der Waals surface area contributed by atoms with E-state index in [2.05, 4.69) is 27.3 Å². The first kappa shape index (κ1) is 20.2. The van der Waals surface area contributed by atoms with Gasteiger partial charge in [0.1, 0.15) is 17.1 Å². The summed E-state index contributed by atoms with van der Waals surface area (Å²) in [5.74, 6) is 1.12. The molecule has 0 spiro atoms. The number of carbonyl (C=O) groups excluding carboxylic acids is 1. The summed E-state index contributed by atoms with van der Waals surface area (Å²) >= 11 is 0. The maximum atomic E-state index is 13.5. The van der Waals surface area contributed by atoms with Crippen LogP contribution in [-0.2, 0) is 0 Å². The molecule has 1 aromatic carbocycles. The molecule has 30 heavy (non-hydrogen) atoms. The van der Waals surface area contributed by atoms with Gasteiger partial charge in [-0.2, -0.15) is 0 Å². The monoisotopic (exact) mass is 410 g/mol. The first-order chi connectivity index (χ1) is 14.5. The number of benzene rings is 1. The largest absolute Gasteiger partial charge is 0.445 e. The second-order valence-corrected chi connectivity index (χ2v) is 7.74. The average Bonchev–Trinajstić information content (AvgIpc) is 3.43. The number of para-hydroxylation sites is 1. The molecule has 1 N–H and O–H groups in total. The molecule has 4 rings (SSSR count). The van der Waals surface area contributed by atoms with Gasteiger partial charge in [-0.3, -0.25) is 4.79 Å². The molecule has 1 saturated heterocycles. The molecule has 1 amide bonds. The van der Waals surface area contributed by atoms with Crippen molar-refractivity contribution in [1.82, 2.24) is 30.1 Å². The molecular formula is C21H26N6O3. The van der Waals surface area contributed by atoms with E-state index < -0.39 is 6.10 Å². The number of rotatable bonds is 5. The maximum Gasteiger partial charge on any atom is 0.256 e. The summed E-state index contributed by atoms with van der Waals surface area (Å²) in [5, 5.41) is 21.9. The third-order valence-corrected chi connectivity index (χ3v) is 5.74. The summed E-state index contributed by atoms with van der Waals surface area (Å²) in [6.07, 6.45) is 3.00. The van der Waals surface area contributed by atoms with Crippen LogP contribution in [0.3, 0.4) is 0 Å². The normalized spacial score (nSPS) is 20.3. The third kappa shape index (κ3) is 3.72. The molecule has 158 valence electrons. The van der Waals surface area contributed by atoms with E-state index in [1.807, 2.05) is 30.9 Å². The Morgan fingerprint density at radius 3 is 2.87 bits per heavy atom. The van der Waals surface area contributed by atoms with Crippen LogP contribution in [-0.4, -0.2) is 53.7 Å². The van der Waals surface area contributed by atoms with Crippen LogP contribution in [0, 0.1) is 6.92 Å². The summed E-state index contributed by atoms with van der Waals surface area (Å²) in [6.45, 7) is 6.28. The van der Waals surface area contributed by atoms with Crippen molar-refractivity contribution in [1.29, 1.82) is 0 Å². The van der Waals surface area contributed by atoms with Gasteiger partial charge in [-0.1, -0.05) is 19.1 Å². The average molecular weight is 410 g/mol. The molecule has 1 aliphatic rings. The van der Waals surface area contributed by atoms with Crippen molar-refractivity contribution in [2.24, 2.45) is 0 Å². The van der Waals surface area contributed by atoms with Crippen LogP contribution in [0.25, 0.3) is 5.69 Å². The van der Waals surface area contributed by atoms with E-state index >= 15 is 0 Å². The Labute approximate surface area is 174 Å². The summed E-state index contributed by atoms with van der Waals surface area (Å²) in [7, 11) is 0. The summed E-state index contributed by atoms with van der Waals surface area (Å²) in [5.41, 5.74) is 1.70. The Balaban J connectivity index is 1.60. The minimum atomic E-state index is -0.634. The molecule has 0 aliphatic carbocycles. The molecule has 1 fully saturated rings. The molecule has 2 aromatic heterocycles. The van der Waals surface area contributed by atoms with Gasteiger partial charge in [0.25, 0.3) is 5.91 Å². The zero-order valence-corrected chi connectivity index (χ0v) is 17.4. The van der Waals surface area contributed by atoms with E-state index in [0.29, 0.717) is 41.6 Å². The lowest BCUT2D eigenvalue weighted by Gasteiger charge is -2.37. The van der Waals surface area contributed by atoms with Crippen molar-refractivity contribution in [3.8, 4) is 5.69 Å². The Hall–Kier alpha value is -3.07. The van der Waals surface area contributed by atoms with E-state index in [1.165, 1.54) is 11.1 Å². The highest BCUT2D eigenvalue weighted by atomic mass is 16.4. The van der Waals surface area contributed by atoms with E-state index in [4.69, 9.17) is 4.42 Å². The number of oxazole rings is 1. The molecule has 0 bridgehead atoms. The van der Waals surface area contributed by atoms with E-state index in [1.54, 1.807) is 12.1 Å². The smallest absolute Gasteiger partial charge is 0.256 e. The Morgan fingerprint density at radius 2 is 2.13 bits per heavy atom. The molecular weight excluding hydrogens is 384 g/mol. The number of aromatic nitrogens is 5. The molecule has 9 nitrogen and oxygen atoms in total. The Kier molecular flexibility index (Phi) is 5.63. The SMILES string of the molecule is CCC(O)c1nc(C2CC[C@@H](C)N(C(=O)c3ccccc3-n3ncnn3)C2)oc1C. The zero-order chi connectivity index (χ0) is 21.3. The molecule has 9 heteroatoms. The first-order valence-corrected chi connectivity index (χ1v) is 10.3. The zero-order valence-electron chi connectivity index (χ0n) is 17.4. The first-order valence-electron chi connectivity index (χ1n) is 10.3. The van der Waals surface area contributed by atoms with Crippen molar-refractivity contribution >= 4 is 5.91 Å². The maximum absolute atomic E-state index is 13.5. The van der Waals surface area contributed by atoms with Crippen molar-refractivity contribution < 1.29 is 14.3 Å². The van der Waals surface area contributed by atoms with Crippen molar-refractivity contribution in [3.05, 3.63) is 53.5 Å². The number of piperidine rings is 1. The van der Waals surface area contributed by atoms with Crippen molar-refractivity contribution in [2.45, 2.75) is 58.1 Å². The number of nitrogens with zero attached hydrogens (tertiary/aromatic N) is 6. The molecule has 3 heterocycles. The molecule has 3 atom stereocenters. The van der Waals surface area contributed by atoms with E-state index in [9.17, 15) is 9.90 Å². The lowest BCUT2D eigenvalue weighted by molar-refractivity contribution is 0.0596. The number of hydrogen-bond acceptors (Lipinski definition) is 7. The quantitative estimate of drug-likeness (QED) is 0.688. The number of likely N-dealkylation sites (tertiary alicyclic amines) is 1. The number of tetrazole rings is 1. The van der Waals surface area contributed by atoms with Crippen LogP contribution < -0.4 is 0 Å². The van der Waals surface area contributed by atoms with Crippen LogP contribution in [0.2, 0.25) is 0 Å². The minimum absolute atomic E-state index is 0.0155. The summed E-state index contributed by atoms with van der Waals surface area (Å²) in [6, 6.07) is 7.34. The molecule has 1 aliphatic heterocycles. The Morgan fingerprint density at radius 1 is 1.33 bits per heavy atom. The second-order valence-electron chi connectivity index (χ2n) is 7.74. The fourth-order valence-corrected chi connectivity index (χ4v) is 3.96. The number of aliphatic hydroxyl groups excluding tert-OH is 1. The Bertz CT molecular complexity index is 1020. The van der Waals surface area contributed by atoms with Gasteiger partial charge in [-0.15, -0.1) is 15.0 Å². The van der Waals surface area contributed by atoms with Gasteiger partial charge in [-0.25, -0.2) is 4.98 Å². The number of aryl methyl sites for hydroxylation is 1. The van der Waals surface area contributed by atoms with Gasteiger partial charge < -0.3 is 14.4 Å².